The van der Waals surface area contributed by atoms with Gasteiger partial charge in [0.1, 0.15) is 5.82 Å². The zero-order valence-corrected chi connectivity index (χ0v) is 12.9. The lowest BCUT2D eigenvalue weighted by atomic mass is 10.3. The highest BCUT2D eigenvalue weighted by molar-refractivity contribution is 6.44. The highest BCUT2D eigenvalue weighted by Gasteiger charge is 2.09. The molecule has 0 saturated carbocycles. The smallest absolute Gasteiger partial charge is 0.243 e. The third-order valence-electron chi connectivity index (χ3n) is 2.58. The van der Waals surface area contributed by atoms with E-state index in [0.717, 1.165) is 0 Å². The van der Waals surface area contributed by atoms with Crippen molar-refractivity contribution in [3.63, 3.8) is 0 Å². The van der Waals surface area contributed by atoms with Crippen LogP contribution in [0.5, 0.6) is 0 Å². The Bertz CT molecular complexity index is 662. The minimum Gasteiger partial charge on any atom is -0.376 e. The maximum atomic E-state index is 12.7. The molecule has 2 aromatic carbocycles. The van der Waals surface area contributed by atoms with Gasteiger partial charge in [-0.3, -0.25) is 4.79 Å². The molecular weight excluding hydrogens is 338 g/mol. The van der Waals surface area contributed by atoms with Gasteiger partial charge in [-0.05, 0) is 36.4 Å². The molecule has 2 rings (SSSR count). The number of hydrogen-bond acceptors (Lipinski definition) is 2. The summed E-state index contributed by atoms with van der Waals surface area (Å²) in [7, 11) is 0. The number of carbonyl (C=O) groups excluding carboxylic acids is 1. The Labute approximate surface area is 136 Å². The topological polar surface area (TPSA) is 41.1 Å². The molecule has 0 atom stereocenters. The van der Waals surface area contributed by atoms with Crippen molar-refractivity contribution in [1.29, 1.82) is 0 Å². The van der Waals surface area contributed by atoms with E-state index in [1.165, 1.54) is 36.4 Å². The zero-order valence-electron chi connectivity index (χ0n) is 10.6. The van der Waals surface area contributed by atoms with Gasteiger partial charge in [-0.15, -0.1) is 0 Å². The Morgan fingerprint density at radius 3 is 2.29 bits per heavy atom. The SMILES string of the molecule is O=C(CNc1ccc(F)cc1)Nc1cc(Cl)c(Cl)cc1Cl. The first-order valence-corrected chi connectivity index (χ1v) is 7.03. The van der Waals surface area contributed by atoms with Gasteiger partial charge in [0.15, 0.2) is 0 Å². The van der Waals surface area contributed by atoms with Gasteiger partial charge in [0.25, 0.3) is 0 Å². The number of halogens is 4. The third kappa shape index (κ3) is 4.49. The molecule has 3 nitrogen and oxygen atoms in total. The molecule has 1 amide bonds. The minimum atomic E-state index is -0.340. The van der Waals surface area contributed by atoms with E-state index in [2.05, 4.69) is 10.6 Å². The molecule has 0 bridgehead atoms. The summed E-state index contributed by atoms with van der Waals surface area (Å²) in [5.74, 6) is -0.660. The van der Waals surface area contributed by atoms with Crippen LogP contribution in [0.1, 0.15) is 0 Å². The molecule has 21 heavy (non-hydrogen) atoms. The van der Waals surface area contributed by atoms with Gasteiger partial charge >= 0.3 is 0 Å². The van der Waals surface area contributed by atoms with E-state index in [1.807, 2.05) is 0 Å². The fraction of sp³-hybridized carbons (Fsp3) is 0.0714. The van der Waals surface area contributed by atoms with E-state index in [1.54, 1.807) is 0 Å². The molecule has 0 aromatic heterocycles. The van der Waals surface area contributed by atoms with Crippen LogP contribution in [0.3, 0.4) is 0 Å². The number of rotatable bonds is 4. The van der Waals surface area contributed by atoms with Gasteiger partial charge in [-0.2, -0.15) is 0 Å². The van der Waals surface area contributed by atoms with Crippen molar-refractivity contribution in [2.75, 3.05) is 17.2 Å². The van der Waals surface area contributed by atoms with Crippen LogP contribution in [0.4, 0.5) is 15.8 Å². The lowest BCUT2D eigenvalue weighted by Gasteiger charge is -2.10. The second kappa shape index (κ2) is 6.98. The molecule has 0 saturated heterocycles. The Hall–Kier alpha value is -1.49. The number of anilines is 2. The number of carbonyl (C=O) groups is 1. The van der Waals surface area contributed by atoms with Crippen molar-refractivity contribution in [2.45, 2.75) is 0 Å². The molecule has 0 radical (unpaired) electrons. The van der Waals surface area contributed by atoms with Crippen molar-refractivity contribution in [2.24, 2.45) is 0 Å². The Balaban J connectivity index is 1.96. The van der Waals surface area contributed by atoms with Crippen LogP contribution < -0.4 is 10.6 Å². The first-order chi connectivity index (χ1) is 9.95. The average Bonchev–Trinajstić information content (AvgIpc) is 2.44. The molecule has 7 heteroatoms. The van der Waals surface area contributed by atoms with Gasteiger partial charge in [-0.1, -0.05) is 34.8 Å². The Kier molecular flexibility index (Phi) is 5.28. The van der Waals surface area contributed by atoms with Crippen molar-refractivity contribution in [3.05, 3.63) is 57.3 Å². The summed E-state index contributed by atoms with van der Waals surface area (Å²) in [5.41, 5.74) is 1.00. The average molecular weight is 348 g/mol. The highest BCUT2D eigenvalue weighted by atomic mass is 35.5. The molecule has 2 aromatic rings. The van der Waals surface area contributed by atoms with Crippen LogP contribution >= 0.6 is 34.8 Å². The summed E-state index contributed by atoms with van der Waals surface area (Å²) in [6.45, 7) is 0.00219. The summed E-state index contributed by atoms with van der Waals surface area (Å²) < 4.78 is 12.7. The van der Waals surface area contributed by atoms with Crippen molar-refractivity contribution < 1.29 is 9.18 Å². The maximum Gasteiger partial charge on any atom is 0.243 e. The van der Waals surface area contributed by atoms with E-state index >= 15 is 0 Å². The van der Waals surface area contributed by atoms with Crippen LogP contribution in [0.25, 0.3) is 0 Å². The number of nitrogens with one attached hydrogen (secondary N) is 2. The lowest BCUT2D eigenvalue weighted by molar-refractivity contribution is -0.114. The first kappa shape index (κ1) is 15.9. The molecule has 0 fully saturated rings. The molecule has 0 aliphatic rings. The van der Waals surface area contributed by atoms with E-state index < -0.39 is 0 Å². The summed E-state index contributed by atoms with van der Waals surface area (Å²) in [5, 5.41) is 6.36. The van der Waals surface area contributed by atoms with Gasteiger partial charge in [-0.25, -0.2) is 4.39 Å². The predicted octanol–water partition coefficient (Wildman–Crippen LogP) is 4.84. The largest absolute Gasteiger partial charge is 0.376 e. The van der Waals surface area contributed by atoms with Crippen molar-refractivity contribution >= 4 is 52.1 Å². The van der Waals surface area contributed by atoms with Gasteiger partial charge in [0, 0.05) is 5.69 Å². The third-order valence-corrected chi connectivity index (χ3v) is 3.62. The van der Waals surface area contributed by atoms with Gasteiger partial charge in [0.2, 0.25) is 5.91 Å². The van der Waals surface area contributed by atoms with E-state index in [9.17, 15) is 9.18 Å². The van der Waals surface area contributed by atoms with Crippen LogP contribution in [-0.2, 0) is 4.79 Å². The number of benzene rings is 2. The minimum absolute atomic E-state index is 0.00219. The molecular formula is C14H10Cl3FN2O. The molecule has 0 aliphatic carbocycles. The lowest BCUT2D eigenvalue weighted by Crippen LogP contribution is -2.21. The van der Waals surface area contributed by atoms with Crippen LogP contribution in [0.15, 0.2) is 36.4 Å². The van der Waals surface area contributed by atoms with E-state index in [-0.39, 0.29) is 18.3 Å². The normalized spacial score (nSPS) is 10.3. The molecule has 0 unspecified atom stereocenters. The van der Waals surface area contributed by atoms with Crippen LogP contribution in [-0.4, -0.2) is 12.5 Å². The molecule has 0 heterocycles. The molecule has 110 valence electrons. The Morgan fingerprint density at radius 1 is 1.00 bits per heavy atom. The summed E-state index contributed by atoms with van der Waals surface area (Å²) in [6, 6.07) is 8.60. The molecule has 0 spiro atoms. The first-order valence-electron chi connectivity index (χ1n) is 5.89. The fourth-order valence-electron chi connectivity index (χ4n) is 1.56. The summed E-state index contributed by atoms with van der Waals surface area (Å²) in [6.07, 6.45) is 0. The van der Waals surface area contributed by atoms with Crippen molar-refractivity contribution in [1.82, 2.24) is 0 Å². The molecule has 2 N–H and O–H groups in total. The monoisotopic (exact) mass is 346 g/mol. The second-order valence-corrected chi connectivity index (χ2v) is 5.38. The quantitative estimate of drug-likeness (QED) is 0.777. The fourth-order valence-corrected chi connectivity index (χ4v) is 2.16. The second-order valence-electron chi connectivity index (χ2n) is 4.15. The number of amides is 1. The zero-order chi connectivity index (χ0) is 15.4. The van der Waals surface area contributed by atoms with Gasteiger partial charge in [0.05, 0.1) is 27.3 Å². The summed E-state index contributed by atoms with van der Waals surface area (Å²) in [4.78, 5) is 11.8. The highest BCUT2D eigenvalue weighted by Crippen LogP contribution is 2.32. The Morgan fingerprint density at radius 2 is 1.62 bits per heavy atom. The van der Waals surface area contributed by atoms with Gasteiger partial charge < -0.3 is 10.6 Å². The van der Waals surface area contributed by atoms with Crippen LogP contribution in [0, 0.1) is 5.82 Å². The summed E-state index contributed by atoms with van der Waals surface area (Å²) >= 11 is 17.6. The maximum absolute atomic E-state index is 12.7. The van der Waals surface area contributed by atoms with E-state index in [4.69, 9.17) is 34.8 Å². The molecule has 0 aliphatic heterocycles. The van der Waals surface area contributed by atoms with E-state index in [0.29, 0.717) is 26.4 Å². The predicted molar refractivity (Wildman–Crippen MR) is 85.0 cm³/mol. The number of hydrogen-bond donors (Lipinski definition) is 2. The van der Waals surface area contributed by atoms with Crippen molar-refractivity contribution in [3.8, 4) is 0 Å². The standard InChI is InChI=1S/C14H10Cl3FN2O/c15-10-5-12(17)13(6-11(10)16)20-14(21)7-19-9-3-1-8(18)2-4-9/h1-6,19H,7H2,(H,20,21). The van der Waals surface area contributed by atoms with Crippen LogP contribution in [0.2, 0.25) is 15.1 Å².